The van der Waals surface area contributed by atoms with Gasteiger partial charge in [-0.05, 0) is 31.9 Å². The summed E-state index contributed by atoms with van der Waals surface area (Å²) >= 11 is 0. The first-order valence-electron chi connectivity index (χ1n) is 8.05. The first-order chi connectivity index (χ1) is 10.2. The zero-order valence-electron chi connectivity index (χ0n) is 12.8. The van der Waals surface area contributed by atoms with Crippen LogP contribution in [0, 0.1) is 5.82 Å². The van der Waals surface area contributed by atoms with E-state index in [4.69, 9.17) is 0 Å². The number of hydrogen-bond donors (Lipinski definition) is 2. The first kappa shape index (κ1) is 15.8. The smallest absolute Gasteiger partial charge is 0.253 e. The fraction of sp³-hybridized carbons (Fsp3) is 0.588. The lowest BCUT2D eigenvalue weighted by Crippen LogP contribution is -2.35. The lowest BCUT2D eigenvalue weighted by Gasteiger charge is -2.22. The fourth-order valence-corrected chi connectivity index (χ4v) is 2.93. The Kier molecular flexibility index (Phi) is 6.03. The summed E-state index contributed by atoms with van der Waals surface area (Å²) in [6.07, 6.45) is 8.16. The van der Waals surface area contributed by atoms with Crippen LogP contribution in [0.2, 0.25) is 0 Å². The second kappa shape index (κ2) is 8.01. The van der Waals surface area contributed by atoms with E-state index in [1.165, 1.54) is 25.3 Å². The molecule has 0 bridgehead atoms. The van der Waals surface area contributed by atoms with E-state index in [1.807, 2.05) is 6.92 Å². The summed E-state index contributed by atoms with van der Waals surface area (Å²) < 4.78 is 13.9. The number of rotatable bonds is 4. The van der Waals surface area contributed by atoms with Crippen LogP contribution >= 0.6 is 0 Å². The van der Waals surface area contributed by atoms with Gasteiger partial charge in [0.05, 0.1) is 11.3 Å². The zero-order chi connectivity index (χ0) is 15.1. The number of carbonyl (C=O) groups excluding carboxylic acids is 1. The number of halogens is 1. The van der Waals surface area contributed by atoms with Gasteiger partial charge in [-0.2, -0.15) is 0 Å². The molecule has 3 nitrogen and oxygen atoms in total. The maximum atomic E-state index is 13.9. The highest BCUT2D eigenvalue weighted by Gasteiger charge is 2.18. The second-order valence-corrected chi connectivity index (χ2v) is 5.71. The molecule has 0 spiro atoms. The third-order valence-corrected chi connectivity index (χ3v) is 4.05. The number of benzene rings is 1. The van der Waals surface area contributed by atoms with E-state index in [1.54, 1.807) is 12.1 Å². The van der Waals surface area contributed by atoms with Crippen LogP contribution in [0.15, 0.2) is 18.2 Å². The summed E-state index contributed by atoms with van der Waals surface area (Å²) in [4.78, 5) is 12.4. The Balaban J connectivity index is 2.06. The Morgan fingerprint density at radius 3 is 2.52 bits per heavy atom. The van der Waals surface area contributed by atoms with Gasteiger partial charge in [-0.25, -0.2) is 4.39 Å². The van der Waals surface area contributed by atoms with E-state index in [0.717, 1.165) is 25.7 Å². The van der Waals surface area contributed by atoms with Gasteiger partial charge in [-0.3, -0.25) is 4.79 Å². The second-order valence-electron chi connectivity index (χ2n) is 5.71. The van der Waals surface area contributed by atoms with E-state index in [0.29, 0.717) is 17.8 Å². The standard InChI is InChI=1S/C17H25FN2O/c1-2-19-16-14(11-8-12-15(16)18)17(21)20-13-9-6-4-3-5-7-10-13/h8,11-13,19H,2-7,9-10H2,1H3,(H,20,21). The van der Waals surface area contributed by atoms with E-state index in [-0.39, 0.29) is 17.8 Å². The van der Waals surface area contributed by atoms with Crippen LogP contribution in [-0.4, -0.2) is 18.5 Å². The molecule has 1 fully saturated rings. The van der Waals surface area contributed by atoms with Crippen LogP contribution in [0.5, 0.6) is 0 Å². The van der Waals surface area contributed by atoms with Crippen molar-refractivity contribution < 1.29 is 9.18 Å². The Labute approximate surface area is 126 Å². The highest BCUT2D eigenvalue weighted by Crippen LogP contribution is 2.21. The summed E-state index contributed by atoms with van der Waals surface area (Å²) in [5.41, 5.74) is 0.710. The van der Waals surface area contributed by atoms with Crippen molar-refractivity contribution in [3.8, 4) is 0 Å². The number of hydrogen-bond acceptors (Lipinski definition) is 2. The predicted molar refractivity (Wildman–Crippen MR) is 84.1 cm³/mol. The minimum atomic E-state index is -0.373. The number of nitrogens with one attached hydrogen (secondary N) is 2. The highest BCUT2D eigenvalue weighted by atomic mass is 19.1. The molecule has 21 heavy (non-hydrogen) atoms. The molecule has 1 saturated carbocycles. The van der Waals surface area contributed by atoms with E-state index >= 15 is 0 Å². The van der Waals surface area contributed by atoms with Crippen LogP contribution in [-0.2, 0) is 0 Å². The van der Waals surface area contributed by atoms with Crippen LogP contribution in [0.4, 0.5) is 10.1 Å². The molecule has 2 N–H and O–H groups in total. The van der Waals surface area contributed by atoms with Crippen molar-refractivity contribution in [2.24, 2.45) is 0 Å². The molecule has 4 heteroatoms. The Bertz CT molecular complexity index is 468. The summed E-state index contributed by atoms with van der Waals surface area (Å²) in [7, 11) is 0. The van der Waals surface area contributed by atoms with Gasteiger partial charge >= 0.3 is 0 Å². The van der Waals surface area contributed by atoms with Gasteiger partial charge in [0.1, 0.15) is 5.82 Å². The van der Waals surface area contributed by atoms with Crippen LogP contribution in [0.3, 0.4) is 0 Å². The Morgan fingerprint density at radius 1 is 1.19 bits per heavy atom. The number of carbonyl (C=O) groups is 1. The van der Waals surface area contributed by atoms with Crippen LogP contribution < -0.4 is 10.6 Å². The van der Waals surface area contributed by atoms with E-state index < -0.39 is 0 Å². The molecule has 0 saturated heterocycles. The topological polar surface area (TPSA) is 41.1 Å². The first-order valence-corrected chi connectivity index (χ1v) is 8.05. The molecule has 1 aliphatic rings. The van der Waals surface area contributed by atoms with Crippen molar-refractivity contribution in [1.29, 1.82) is 0 Å². The third kappa shape index (κ3) is 4.45. The minimum absolute atomic E-state index is 0.170. The molecule has 0 radical (unpaired) electrons. The molecule has 1 aromatic rings. The van der Waals surface area contributed by atoms with Crippen molar-refractivity contribution in [3.63, 3.8) is 0 Å². The van der Waals surface area contributed by atoms with Crippen molar-refractivity contribution in [2.75, 3.05) is 11.9 Å². The maximum absolute atomic E-state index is 13.9. The minimum Gasteiger partial charge on any atom is -0.382 e. The van der Waals surface area contributed by atoms with Gasteiger partial charge in [-0.15, -0.1) is 0 Å². The molecule has 0 atom stereocenters. The van der Waals surface area contributed by atoms with Crippen molar-refractivity contribution in [2.45, 2.75) is 57.9 Å². The fourth-order valence-electron chi connectivity index (χ4n) is 2.93. The Hall–Kier alpha value is -1.58. The lowest BCUT2D eigenvalue weighted by molar-refractivity contribution is 0.0931. The van der Waals surface area contributed by atoms with Crippen molar-refractivity contribution in [3.05, 3.63) is 29.6 Å². The average molecular weight is 292 g/mol. The van der Waals surface area contributed by atoms with Crippen molar-refractivity contribution in [1.82, 2.24) is 5.32 Å². The number of anilines is 1. The van der Waals surface area contributed by atoms with E-state index in [2.05, 4.69) is 10.6 Å². The molecular weight excluding hydrogens is 267 g/mol. The molecule has 0 heterocycles. The molecule has 1 aromatic carbocycles. The van der Waals surface area contributed by atoms with E-state index in [9.17, 15) is 9.18 Å². The lowest BCUT2D eigenvalue weighted by atomic mass is 9.96. The number of amides is 1. The number of para-hydroxylation sites is 1. The molecule has 1 aliphatic carbocycles. The van der Waals surface area contributed by atoms with Crippen LogP contribution in [0.25, 0.3) is 0 Å². The largest absolute Gasteiger partial charge is 0.382 e. The summed E-state index contributed by atoms with van der Waals surface area (Å²) in [6, 6.07) is 4.86. The maximum Gasteiger partial charge on any atom is 0.253 e. The molecule has 2 rings (SSSR count). The summed E-state index contributed by atoms with van der Waals surface area (Å²) in [5, 5.41) is 6.03. The monoisotopic (exact) mass is 292 g/mol. The van der Waals surface area contributed by atoms with Gasteiger partial charge in [0.25, 0.3) is 5.91 Å². The molecule has 0 aromatic heterocycles. The summed E-state index contributed by atoms with van der Waals surface area (Å²) in [6.45, 7) is 2.48. The molecule has 0 aliphatic heterocycles. The quantitative estimate of drug-likeness (QED) is 0.877. The SMILES string of the molecule is CCNc1c(F)cccc1C(=O)NC1CCCCCCC1. The molecule has 0 unspecified atom stereocenters. The zero-order valence-corrected chi connectivity index (χ0v) is 12.8. The average Bonchev–Trinajstić information content (AvgIpc) is 2.44. The predicted octanol–water partition coefficient (Wildman–Crippen LogP) is 4.10. The van der Waals surface area contributed by atoms with Gasteiger partial charge in [0.2, 0.25) is 0 Å². The van der Waals surface area contributed by atoms with Crippen LogP contribution in [0.1, 0.15) is 62.2 Å². The van der Waals surface area contributed by atoms with Gasteiger partial charge in [0.15, 0.2) is 0 Å². The van der Waals surface area contributed by atoms with Gasteiger partial charge in [-0.1, -0.05) is 38.2 Å². The highest BCUT2D eigenvalue weighted by molar-refractivity contribution is 5.99. The van der Waals surface area contributed by atoms with Gasteiger partial charge < -0.3 is 10.6 Å². The Morgan fingerprint density at radius 2 is 1.86 bits per heavy atom. The molecule has 1 amide bonds. The third-order valence-electron chi connectivity index (χ3n) is 4.05. The summed E-state index contributed by atoms with van der Waals surface area (Å²) in [5.74, 6) is -0.543. The van der Waals surface area contributed by atoms with Crippen molar-refractivity contribution >= 4 is 11.6 Å². The molecule has 116 valence electrons. The normalized spacial score (nSPS) is 16.9. The molecular formula is C17H25FN2O. The van der Waals surface area contributed by atoms with Gasteiger partial charge in [0, 0.05) is 12.6 Å².